The highest BCUT2D eigenvalue weighted by Gasteiger charge is 2.25. The van der Waals surface area contributed by atoms with Gasteiger partial charge in [-0.15, -0.1) is 21.5 Å². The molecule has 0 N–H and O–H groups in total. The van der Waals surface area contributed by atoms with Gasteiger partial charge in [0, 0.05) is 43.7 Å². The van der Waals surface area contributed by atoms with Crippen LogP contribution in [0.5, 0.6) is 11.5 Å². The number of piperazine rings is 1. The quantitative estimate of drug-likeness (QED) is 0.185. The third-order valence-electron chi connectivity index (χ3n) is 7.44. The molecule has 0 atom stereocenters. The highest BCUT2D eigenvalue weighted by molar-refractivity contribution is 7.98. The molecule has 2 aromatic heterocycles. The zero-order valence-electron chi connectivity index (χ0n) is 23.4. The predicted octanol–water partition coefficient (Wildman–Crippen LogP) is 6.16. The van der Waals surface area contributed by atoms with Crippen LogP contribution in [-0.4, -0.2) is 68.4 Å². The van der Waals surface area contributed by atoms with E-state index >= 15 is 0 Å². The van der Waals surface area contributed by atoms with Crippen LogP contribution in [0.25, 0.3) is 17.1 Å². The van der Waals surface area contributed by atoms with Crippen molar-refractivity contribution in [2.24, 2.45) is 0 Å². The van der Waals surface area contributed by atoms with E-state index in [-0.39, 0.29) is 12.7 Å². The van der Waals surface area contributed by atoms with Gasteiger partial charge in [-0.2, -0.15) is 0 Å². The molecule has 2 aliphatic heterocycles. The number of benzene rings is 3. The maximum atomic E-state index is 15.0. The minimum absolute atomic E-state index is 0.0734. The smallest absolute Gasteiger partial charge is 0.273 e. The van der Waals surface area contributed by atoms with E-state index in [1.807, 2.05) is 35.2 Å². The van der Waals surface area contributed by atoms with Crippen LogP contribution in [0, 0.1) is 5.82 Å². The lowest BCUT2D eigenvalue weighted by Gasteiger charge is -2.34. The Kier molecular flexibility index (Phi) is 8.22. The van der Waals surface area contributed by atoms with Crippen LogP contribution in [0.3, 0.4) is 0 Å². The molecular formula is C31H26ClFN6O3S2. The van der Waals surface area contributed by atoms with E-state index < -0.39 is 5.82 Å². The fourth-order valence-corrected chi connectivity index (χ4v) is 7.15. The Bertz CT molecular complexity index is 1820. The molecule has 0 radical (unpaired) electrons. The normalized spacial score (nSPS) is 14.7. The van der Waals surface area contributed by atoms with E-state index in [9.17, 15) is 9.18 Å². The number of carbonyl (C=O) groups is 1. The monoisotopic (exact) mass is 648 g/mol. The van der Waals surface area contributed by atoms with Gasteiger partial charge >= 0.3 is 0 Å². The Morgan fingerprint density at radius 1 is 0.977 bits per heavy atom. The van der Waals surface area contributed by atoms with Crippen LogP contribution in [0.1, 0.15) is 21.1 Å². The first-order valence-corrected chi connectivity index (χ1v) is 16.2. The molecule has 7 rings (SSSR count). The minimum atomic E-state index is -0.402. The maximum absolute atomic E-state index is 15.0. The fourth-order valence-electron chi connectivity index (χ4n) is 5.20. The van der Waals surface area contributed by atoms with Crippen molar-refractivity contribution in [1.29, 1.82) is 0 Å². The number of thiazole rings is 1. The zero-order valence-corrected chi connectivity index (χ0v) is 25.7. The summed E-state index contributed by atoms with van der Waals surface area (Å²) in [7, 11) is 0. The number of fused-ring (bicyclic) bond motifs is 1. The summed E-state index contributed by atoms with van der Waals surface area (Å²) in [4.78, 5) is 22.1. The average Bonchev–Trinajstić information content (AvgIpc) is 3.81. The number of para-hydroxylation sites is 1. The number of hydrogen-bond acceptors (Lipinski definition) is 9. The van der Waals surface area contributed by atoms with Gasteiger partial charge in [0.1, 0.15) is 16.5 Å². The number of aromatic nitrogens is 4. The van der Waals surface area contributed by atoms with Gasteiger partial charge in [0.2, 0.25) is 6.79 Å². The van der Waals surface area contributed by atoms with Crippen molar-refractivity contribution in [3.63, 3.8) is 0 Å². The summed E-state index contributed by atoms with van der Waals surface area (Å²) < 4.78 is 27.5. The van der Waals surface area contributed by atoms with Crippen molar-refractivity contribution in [3.05, 3.63) is 99.2 Å². The van der Waals surface area contributed by atoms with Crippen LogP contribution in [0.2, 0.25) is 5.02 Å². The van der Waals surface area contributed by atoms with Gasteiger partial charge in [-0.05, 0) is 42.0 Å². The summed E-state index contributed by atoms with van der Waals surface area (Å²) in [6.45, 7) is 3.84. The van der Waals surface area contributed by atoms with Crippen molar-refractivity contribution in [2.45, 2.75) is 17.5 Å². The molecule has 1 amide bonds. The van der Waals surface area contributed by atoms with E-state index in [1.165, 1.54) is 29.2 Å². The highest BCUT2D eigenvalue weighted by atomic mass is 35.5. The van der Waals surface area contributed by atoms with E-state index in [0.29, 0.717) is 51.8 Å². The Labute approximate surface area is 266 Å². The largest absolute Gasteiger partial charge is 0.454 e. The third-order valence-corrected chi connectivity index (χ3v) is 9.74. The van der Waals surface area contributed by atoms with Gasteiger partial charge in [0.25, 0.3) is 5.91 Å². The molecule has 0 spiro atoms. The first kappa shape index (κ1) is 28.8. The molecule has 44 heavy (non-hydrogen) atoms. The number of halogens is 2. The van der Waals surface area contributed by atoms with Crippen molar-refractivity contribution in [1.82, 2.24) is 29.5 Å². The zero-order chi connectivity index (χ0) is 30.0. The highest BCUT2D eigenvalue weighted by Crippen LogP contribution is 2.35. The molecule has 224 valence electrons. The van der Waals surface area contributed by atoms with Crippen LogP contribution in [0.15, 0.2) is 77.3 Å². The molecule has 0 bridgehead atoms. The van der Waals surface area contributed by atoms with Gasteiger partial charge < -0.3 is 14.4 Å². The topological polar surface area (TPSA) is 85.6 Å². The van der Waals surface area contributed by atoms with Crippen LogP contribution < -0.4 is 9.47 Å². The summed E-state index contributed by atoms with van der Waals surface area (Å²) >= 11 is 9.25. The average molecular weight is 649 g/mol. The summed E-state index contributed by atoms with van der Waals surface area (Å²) in [5.41, 5.74) is 2.56. The molecule has 2 aliphatic rings. The molecular weight excluding hydrogens is 623 g/mol. The predicted molar refractivity (Wildman–Crippen MR) is 167 cm³/mol. The number of carbonyl (C=O) groups excluding carboxylic acids is 1. The molecule has 0 unspecified atom stereocenters. The van der Waals surface area contributed by atoms with Gasteiger partial charge in [0.15, 0.2) is 22.5 Å². The molecule has 13 heteroatoms. The molecule has 9 nitrogen and oxygen atoms in total. The summed E-state index contributed by atoms with van der Waals surface area (Å²) in [5, 5.41) is 12.3. The second-order valence-electron chi connectivity index (χ2n) is 10.2. The number of amides is 1. The second-order valence-corrected chi connectivity index (χ2v) is 12.5. The van der Waals surface area contributed by atoms with Gasteiger partial charge in [0.05, 0.1) is 16.5 Å². The number of thioether (sulfide) groups is 1. The first-order chi connectivity index (χ1) is 21.5. The first-order valence-electron chi connectivity index (χ1n) is 14.0. The fraction of sp³-hybridized carbons (Fsp3) is 0.226. The number of ether oxygens (including phenoxy) is 2. The lowest BCUT2D eigenvalue weighted by molar-refractivity contribution is 0.0623. The van der Waals surface area contributed by atoms with Gasteiger partial charge in [-0.25, -0.2) is 9.37 Å². The van der Waals surface area contributed by atoms with Crippen LogP contribution in [-0.2, 0) is 12.3 Å². The summed E-state index contributed by atoms with van der Waals surface area (Å²) in [6, 6.07) is 19.8. The second kappa shape index (κ2) is 12.6. The maximum Gasteiger partial charge on any atom is 0.273 e. The van der Waals surface area contributed by atoms with Crippen molar-refractivity contribution in [2.75, 3.05) is 33.0 Å². The molecule has 1 fully saturated rings. The Balaban J connectivity index is 1.00. The van der Waals surface area contributed by atoms with Crippen molar-refractivity contribution < 1.29 is 18.7 Å². The Morgan fingerprint density at radius 3 is 2.61 bits per heavy atom. The Hall–Kier alpha value is -3.97. The Morgan fingerprint density at radius 2 is 1.77 bits per heavy atom. The number of rotatable bonds is 8. The number of nitrogens with zero attached hydrogens (tertiary/aromatic N) is 6. The van der Waals surface area contributed by atoms with Crippen LogP contribution in [0.4, 0.5) is 4.39 Å². The van der Waals surface area contributed by atoms with E-state index in [4.69, 9.17) is 21.1 Å². The minimum Gasteiger partial charge on any atom is -0.454 e. The van der Waals surface area contributed by atoms with E-state index in [1.54, 1.807) is 34.2 Å². The lowest BCUT2D eigenvalue weighted by Crippen LogP contribution is -2.48. The van der Waals surface area contributed by atoms with E-state index in [2.05, 4.69) is 26.1 Å². The molecule has 0 aliphatic carbocycles. The van der Waals surface area contributed by atoms with Crippen LogP contribution >= 0.6 is 34.7 Å². The SMILES string of the molecule is O=C(c1csc(CSc2nnc(-c3ccccc3Cl)n2-c2ccccc2F)n1)N1CCN(Cc2ccc3c(c2)OCO3)CC1. The third kappa shape index (κ3) is 5.90. The molecule has 1 saturated heterocycles. The summed E-state index contributed by atoms with van der Waals surface area (Å²) in [5.74, 6) is 1.96. The van der Waals surface area contributed by atoms with E-state index in [0.717, 1.165) is 41.7 Å². The number of hydrogen-bond donors (Lipinski definition) is 0. The van der Waals surface area contributed by atoms with Gasteiger partial charge in [-0.3, -0.25) is 14.3 Å². The van der Waals surface area contributed by atoms with Gasteiger partial charge in [-0.1, -0.05) is 53.7 Å². The molecule has 4 heterocycles. The molecule has 0 saturated carbocycles. The summed E-state index contributed by atoms with van der Waals surface area (Å²) in [6.07, 6.45) is 0. The standard InChI is InChI=1S/C31H26ClFN6O3S2/c32-22-6-2-1-5-21(22)29-35-36-31(39(29)25-8-4-3-7-23(25)33)44-18-28-34-24(17-43-28)30(40)38-13-11-37(12-14-38)16-20-9-10-26-27(15-20)42-19-41-26/h1-10,15,17H,11-14,16,18-19H2. The lowest BCUT2D eigenvalue weighted by atomic mass is 10.1. The molecule has 5 aromatic rings. The van der Waals surface area contributed by atoms with Crippen molar-refractivity contribution >= 4 is 40.6 Å². The van der Waals surface area contributed by atoms with Crippen molar-refractivity contribution in [3.8, 4) is 28.6 Å². The molecule has 3 aromatic carbocycles.